The Kier molecular flexibility index (Phi) is 4.93. The van der Waals surface area contributed by atoms with Crippen molar-refractivity contribution in [3.63, 3.8) is 0 Å². The lowest BCUT2D eigenvalue weighted by molar-refractivity contribution is -0.384. The van der Waals surface area contributed by atoms with Gasteiger partial charge in [0.25, 0.3) is 5.69 Å². The Balaban J connectivity index is 3.14. The summed E-state index contributed by atoms with van der Waals surface area (Å²) in [5, 5.41) is 10.6. The zero-order valence-corrected chi connectivity index (χ0v) is 11.3. The van der Waals surface area contributed by atoms with Crippen molar-refractivity contribution in [2.24, 2.45) is 0 Å². The van der Waals surface area contributed by atoms with E-state index in [4.69, 9.17) is 27.9 Å². The molecule has 0 radical (unpaired) electrons. The highest BCUT2D eigenvalue weighted by atomic mass is 35.5. The van der Waals surface area contributed by atoms with E-state index in [0.29, 0.717) is 6.42 Å². The van der Waals surface area contributed by atoms with Crippen LogP contribution in [0.1, 0.15) is 30.6 Å². The first-order valence-corrected chi connectivity index (χ1v) is 5.96. The second kappa shape index (κ2) is 6.02. The first-order chi connectivity index (χ1) is 8.36. The van der Waals surface area contributed by atoms with Gasteiger partial charge in [-0.05, 0) is 13.3 Å². The minimum Gasteiger partial charge on any atom is -0.459 e. The Bertz CT molecular complexity index is 490. The number of carbonyl (C=O) groups is 1. The fourth-order valence-electron chi connectivity index (χ4n) is 1.16. The summed E-state index contributed by atoms with van der Waals surface area (Å²) in [4.78, 5) is 21.8. The molecule has 0 heterocycles. The molecule has 7 heteroatoms. The number of ether oxygens (including phenoxy) is 1. The molecule has 0 fully saturated rings. The standard InChI is InChI=1S/C11H11Cl2NO4/c1-3-6(2)18-11(15)8-4-7(14(16)17)5-9(12)10(8)13/h4-6H,3H2,1-2H3. The SMILES string of the molecule is CCC(C)OC(=O)c1cc([N+](=O)[O-])cc(Cl)c1Cl. The molecule has 0 aliphatic heterocycles. The number of halogens is 2. The summed E-state index contributed by atoms with van der Waals surface area (Å²) >= 11 is 11.6. The van der Waals surface area contributed by atoms with E-state index in [1.807, 2.05) is 6.92 Å². The van der Waals surface area contributed by atoms with Gasteiger partial charge in [-0.1, -0.05) is 30.1 Å². The van der Waals surface area contributed by atoms with Crippen LogP contribution in [-0.4, -0.2) is 17.0 Å². The Labute approximate surface area is 114 Å². The number of esters is 1. The van der Waals surface area contributed by atoms with Crippen LogP contribution in [0.3, 0.4) is 0 Å². The smallest absolute Gasteiger partial charge is 0.340 e. The maximum absolute atomic E-state index is 11.8. The number of rotatable bonds is 4. The number of hydrogen-bond donors (Lipinski definition) is 0. The van der Waals surface area contributed by atoms with Crippen LogP contribution in [0.25, 0.3) is 0 Å². The van der Waals surface area contributed by atoms with Crippen LogP contribution in [0.4, 0.5) is 5.69 Å². The second-order valence-corrected chi connectivity index (χ2v) is 4.46. The molecule has 0 spiro atoms. The van der Waals surface area contributed by atoms with Crippen molar-refractivity contribution < 1.29 is 14.5 Å². The average molecular weight is 292 g/mol. The molecular formula is C11H11Cl2NO4. The van der Waals surface area contributed by atoms with Crippen LogP contribution in [0.5, 0.6) is 0 Å². The molecule has 0 aromatic heterocycles. The molecule has 0 saturated heterocycles. The largest absolute Gasteiger partial charge is 0.459 e. The number of nitro groups is 1. The van der Waals surface area contributed by atoms with Gasteiger partial charge in [0, 0.05) is 12.1 Å². The molecule has 0 amide bonds. The molecule has 1 unspecified atom stereocenters. The summed E-state index contributed by atoms with van der Waals surface area (Å²) < 4.78 is 5.05. The molecule has 0 saturated carbocycles. The monoisotopic (exact) mass is 291 g/mol. The molecule has 18 heavy (non-hydrogen) atoms. The minimum atomic E-state index is -0.722. The topological polar surface area (TPSA) is 69.4 Å². The van der Waals surface area contributed by atoms with Crippen molar-refractivity contribution in [3.05, 3.63) is 37.9 Å². The number of nitrogens with zero attached hydrogens (tertiary/aromatic N) is 1. The van der Waals surface area contributed by atoms with Crippen molar-refractivity contribution in [1.82, 2.24) is 0 Å². The van der Waals surface area contributed by atoms with Crippen molar-refractivity contribution in [1.29, 1.82) is 0 Å². The van der Waals surface area contributed by atoms with E-state index in [-0.39, 0.29) is 27.4 Å². The Morgan fingerprint density at radius 1 is 1.50 bits per heavy atom. The Hall–Kier alpha value is -1.33. The molecule has 0 N–H and O–H groups in total. The molecule has 1 aromatic rings. The van der Waals surface area contributed by atoms with Gasteiger partial charge in [0.05, 0.1) is 26.6 Å². The van der Waals surface area contributed by atoms with Gasteiger partial charge in [-0.2, -0.15) is 0 Å². The first-order valence-electron chi connectivity index (χ1n) is 5.21. The maximum atomic E-state index is 11.8. The van der Waals surface area contributed by atoms with E-state index in [2.05, 4.69) is 0 Å². The van der Waals surface area contributed by atoms with E-state index in [1.165, 1.54) is 0 Å². The average Bonchev–Trinajstić information content (AvgIpc) is 2.31. The highest BCUT2D eigenvalue weighted by Crippen LogP contribution is 2.31. The maximum Gasteiger partial charge on any atom is 0.340 e. The molecule has 0 aliphatic rings. The molecule has 98 valence electrons. The van der Waals surface area contributed by atoms with Crippen LogP contribution in [-0.2, 0) is 4.74 Å². The Morgan fingerprint density at radius 3 is 2.61 bits per heavy atom. The van der Waals surface area contributed by atoms with E-state index in [1.54, 1.807) is 6.92 Å². The zero-order chi connectivity index (χ0) is 13.9. The molecule has 1 aromatic carbocycles. The normalized spacial score (nSPS) is 12.0. The van der Waals surface area contributed by atoms with Crippen LogP contribution in [0.15, 0.2) is 12.1 Å². The van der Waals surface area contributed by atoms with E-state index < -0.39 is 10.9 Å². The lowest BCUT2D eigenvalue weighted by Crippen LogP contribution is -2.14. The van der Waals surface area contributed by atoms with Crippen LogP contribution < -0.4 is 0 Å². The highest BCUT2D eigenvalue weighted by molar-refractivity contribution is 6.43. The van der Waals surface area contributed by atoms with Crippen molar-refractivity contribution in [2.75, 3.05) is 0 Å². The van der Waals surface area contributed by atoms with Gasteiger partial charge in [-0.3, -0.25) is 10.1 Å². The van der Waals surface area contributed by atoms with Gasteiger partial charge in [-0.15, -0.1) is 0 Å². The van der Waals surface area contributed by atoms with Gasteiger partial charge >= 0.3 is 5.97 Å². The van der Waals surface area contributed by atoms with Crippen molar-refractivity contribution >= 4 is 34.9 Å². The third kappa shape index (κ3) is 3.34. The first kappa shape index (κ1) is 14.7. The van der Waals surface area contributed by atoms with Crippen molar-refractivity contribution in [3.8, 4) is 0 Å². The minimum absolute atomic E-state index is 0.0458. The lowest BCUT2D eigenvalue weighted by Gasteiger charge is -2.11. The molecule has 1 atom stereocenters. The van der Waals surface area contributed by atoms with Gasteiger partial charge in [0.2, 0.25) is 0 Å². The van der Waals surface area contributed by atoms with Gasteiger partial charge < -0.3 is 4.74 Å². The third-order valence-electron chi connectivity index (χ3n) is 2.33. The predicted octanol–water partition coefficient (Wildman–Crippen LogP) is 3.86. The van der Waals surface area contributed by atoms with Crippen molar-refractivity contribution in [2.45, 2.75) is 26.4 Å². The van der Waals surface area contributed by atoms with E-state index in [0.717, 1.165) is 12.1 Å². The van der Waals surface area contributed by atoms with Gasteiger partial charge in [0.15, 0.2) is 0 Å². The number of nitro benzene ring substituents is 1. The predicted molar refractivity (Wildman–Crippen MR) is 68.3 cm³/mol. The highest BCUT2D eigenvalue weighted by Gasteiger charge is 2.21. The zero-order valence-electron chi connectivity index (χ0n) is 9.78. The van der Waals surface area contributed by atoms with E-state index >= 15 is 0 Å². The van der Waals surface area contributed by atoms with Gasteiger partial charge in [-0.25, -0.2) is 4.79 Å². The molecule has 1 rings (SSSR count). The summed E-state index contributed by atoms with van der Waals surface area (Å²) in [6, 6.07) is 2.14. The molecule has 0 aliphatic carbocycles. The molecule has 0 bridgehead atoms. The second-order valence-electron chi connectivity index (χ2n) is 3.67. The summed E-state index contributed by atoms with van der Waals surface area (Å²) in [7, 11) is 0. The number of non-ortho nitro benzene ring substituents is 1. The summed E-state index contributed by atoms with van der Waals surface area (Å²) in [5.41, 5.74) is -0.406. The number of carbonyl (C=O) groups excluding carboxylic acids is 1. The van der Waals surface area contributed by atoms with E-state index in [9.17, 15) is 14.9 Å². The number of hydrogen-bond acceptors (Lipinski definition) is 4. The fourth-order valence-corrected chi connectivity index (χ4v) is 1.56. The van der Waals surface area contributed by atoms with Crippen LogP contribution in [0.2, 0.25) is 10.0 Å². The summed E-state index contributed by atoms with van der Waals surface area (Å²) in [6.07, 6.45) is 0.332. The van der Waals surface area contributed by atoms with Crippen LogP contribution in [0, 0.1) is 10.1 Å². The third-order valence-corrected chi connectivity index (χ3v) is 3.13. The summed E-state index contributed by atoms with van der Waals surface area (Å²) in [5.74, 6) is -0.722. The summed E-state index contributed by atoms with van der Waals surface area (Å²) in [6.45, 7) is 3.56. The number of benzene rings is 1. The molecule has 5 nitrogen and oxygen atoms in total. The molecular weight excluding hydrogens is 281 g/mol. The Morgan fingerprint density at radius 2 is 2.11 bits per heavy atom. The lowest BCUT2D eigenvalue weighted by atomic mass is 10.2. The quantitative estimate of drug-likeness (QED) is 0.480. The fraction of sp³-hybridized carbons (Fsp3) is 0.364. The van der Waals surface area contributed by atoms with Crippen LogP contribution >= 0.6 is 23.2 Å². The van der Waals surface area contributed by atoms with Gasteiger partial charge in [0.1, 0.15) is 0 Å².